The number of hydrogen-bond acceptors (Lipinski definition) is 5. The number of aliphatic hydroxyl groups is 1. The number of rotatable bonds is 6. The summed E-state index contributed by atoms with van der Waals surface area (Å²) in [5, 5.41) is 20.3. The molecule has 0 saturated heterocycles. The van der Waals surface area contributed by atoms with E-state index < -0.39 is 6.10 Å². The zero-order chi connectivity index (χ0) is 13.0. The van der Waals surface area contributed by atoms with Crippen LogP contribution >= 0.6 is 11.3 Å². The van der Waals surface area contributed by atoms with Gasteiger partial charge in [-0.05, 0) is 19.9 Å². The third kappa shape index (κ3) is 3.38. The van der Waals surface area contributed by atoms with Crippen LogP contribution in [0.3, 0.4) is 0 Å². The van der Waals surface area contributed by atoms with E-state index in [2.05, 4.69) is 29.2 Å². The molecule has 0 amide bonds. The van der Waals surface area contributed by atoms with Crippen molar-refractivity contribution in [3.63, 3.8) is 0 Å². The highest BCUT2D eigenvalue weighted by atomic mass is 32.1. The molecule has 2 aromatic rings. The largest absolute Gasteiger partial charge is 0.390 e. The van der Waals surface area contributed by atoms with Gasteiger partial charge in [0.25, 0.3) is 0 Å². The third-order valence-corrected chi connectivity index (χ3v) is 3.80. The van der Waals surface area contributed by atoms with Gasteiger partial charge in [-0.15, -0.1) is 11.3 Å². The van der Waals surface area contributed by atoms with E-state index in [0.29, 0.717) is 13.1 Å². The van der Waals surface area contributed by atoms with E-state index in [9.17, 15) is 5.11 Å². The maximum Gasteiger partial charge on any atom is 0.112 e. The third-order valence-electron chi connectivity index (χ3n) is 2.70. The van der Waals surface area contributed by atoms with Gasteiger partial charge in [0.2, 0.25) is 0 Å². The highest BCUT2D eigenvalue weighted by Gasteiger charge is 2.23. The summed E-state index contributed by atoms with van der Waals surface area (Å²) in [5.41, 5.74) is -0.223. The molecule has 6 heteroatoms. The van der Waals surface area contributed by atoms with Crippen molar-refractivity contribution in [3.05, 3.63) is 35.0 Å². The Hall–Kier alpha value is -1.24. The zero-order valence-corrected chi connectivity index (χ0v) is 11.4. The lowest BCUT2D eigenvalue weighted by atomic mass is 10.1. The van der Waals surface area contributed by atoms with E-state index in [1.54, 1.807) is 28.4 Å². The molecule has 0 bridgehead atoms. The van der Waals surface area contributed by atoms with Crippen molar-refractivity contribution in [2.24, 2.45) is 0 Å². The molecule has 2 aromatic heterocycles. The van der Waals surface area contributed by atoms with Crippen LogP contribution in [0.4, 0.5) is 0 Å². The number of thiazole rings is 1. The number of nitrogens with zero attached hydrogens (tertiary/aromatic N) is 3. The summed E-state index contributed by atoms with van der Waals surface area (Å²) >= 11 is 1.61. The van der Waals surface area contributed by atoms with Gasteiger partial charge in [-0.2, -0.15) is 5.10 Å². The minimum absolute atomic E-state index is 0.223. The fourth-order valence-electron chi connectivity index (χ4n) is 1.67. The molecule has 5 nitrogen and oxygen atoms in total. The fourth-order valence-corrected chi connectivity index (χ4v) is 2.41. The van der Waals surface area contributed by atoms with Gasteiger partial charge in [-0.3, -0.25) is 4.68 Å². The molecule has 0 aliphatic heterocycles. The first-order valence-corrected chi connectivity index (χ1v) is 6.76. The van der Waals surface area contributed by atoms with Gasteiger partial charge in [0, 0.05) is 30.5 Å². The summed E-state index contributed by atoms with van der Waals surface area (Å²) < 4.78 is 1.72. The van der Waals surface area contributed by atoms with Crippen molar-refractivity contribution in [2.75, 3.05) is 6.54 Å². The van der Waals surface area contributed by atoms with Crippen LogP contribution in [0.25, 0.3) is 0 Å². The lowest BCUT2D eigenvalue weighted by molar-refractivity contribution is 0.136. The Bertz CT molecular complexity index is 452. The molecule has 0 radical (unpaired) electrons. The molecule has 0 aromatic carbocycles. The molecule has 0 saturated carbocycles. The van der Waals surface area contributed by atoms with Crippen molar-refractivity contribution in [1.82, 2.24) is 20.1 Å². The predicted octanol–water partition coefficient (Wildman–Crippen LogP) is 1.23. The average molecular weight is 266 g/mol. The molecule has 1 atom stereocenters. The van der Waals surface area contributed by atoms with Crippen molar-refractivity contribution in [3.8, 4) is 0 Å². The second-order valence-corrected chi connectivity index (χ2v) is 5.62. The van der Waals surface area contributed by atoms with Crippen molar-refractivity contribution in [1.29, 1.82) is 0 Å². The number of nitrogens with one attached hydrogen (secondary N) is 1. The molecule has 98 valence electrons. The first-order valence-electron chi connectivity index (χ1n) is 5.88. The Morgan fingerprint density at radius 2 is 2.33 bits per heavy atom. The van der Waals surface area contributed by atoms with Gasteiger partial charge in [0.15, 0.2) is 0 Å². The second kappa shape index (κ2) is 5.60. The van der Waals surface area contributed by atoms with Gasteiger partial charge < -0.3 is 10.4 Å². The topological polar surface area (TPSA) is 63.0 Å². The summed E-state index contributed by atoms with van der Waals surface area (Å²) in [7, 11) is 0. The summed E-state index contributed by atoms with van der Waals surface area (Å²) in [6.07, 6.45) is 4.88. The number of hydrogen-bond donors (Lipinski definition) is 2. The minimum atomic E-state index is -0.468. The highest BCUT2D eigenvalue weighted by Crippen LogP contribution is 2.21. The number of aromatic nitrogens is 3. The maximum absolute atomic E-state index is 9.94. The molecule has 0 spiro atoms. The zero-order valence-electron chi connectivity index (χ0n) is 10.6. The van der Waals surface area contributed by atoms with E-state index in [4.69, 9.17) is 0 Å². The predicted molar refractivity (Wildman–Crippen MR) is 71.4 cm³/mol. The SMILES string of the molecule is CC(C)(NCC(O)Cn1cccn1)c1nccs1. The molecule has 0 fully saturated rings. The quantitative estimate of drug-likeness (QED) is 0.825. The Morgan fingerprint density at radius 1 is 1.50 bits per heavy atom. The Balaban J connectivity index is 1.84. The lowest BCUT2D eigenvalue weighted by Gasteiger charge is -2.25. The summed E-state index contributed by atoms with van der Waals surface area (Å²) in [6, 6.07) is 1.85. The van der Waals surface area contributed by atoms with Crippen molar-refractivity contribution < 1.29 is 5.11 Å². The molecule has 2 heterocycles. The van der Waals surface area contributed by atoms with Crippen LogP contribution in [0.2, 0.25) is 0 Å². The Morgan fingerprint density at radius 3 is 2.94 bits per heavy atom. The van der Waals surface area contributed by atoms with E-state index >= 15 is 0 Å². The van der Waals surface area contributed by atoms with Crippen LogP contribution in [0.15, 0.2) is 30.0 Å². The molecule has 0 aliphatic carbocycles. The van der Waals surface area contributed by atoms with Gasteiger partial charge in [0.1, 0.15) is 5.01 Å². The van der Waals surface area contributed by atoms with Crippen molar-refractivity contribution in [2.45, 2.75) is 32.0 Å². The molecule has 2 N–H and O–H groups in total. The Kier molecular flexibility index (Phi) is 4.11. The van der Waals surface area contributed by atoms with Crippen LogP contribution < -0.4 is 5.32 Å². The smallest absolute Gasteiger partial charge is 0.112 e. The van der Waals surface area contributed by atoms with Crippen molar-refractivity contribution >= 4 is 11.3 Å². The van der Waals surface area contributed by atoms with E-state index in [-0.39, 0.29) is 5.54 Å². The highest BCUT2D eigenvalue weighted by molar-refractivity contribution is 7.09. The van der Waals surface area contributed by atoms with Crippen LogP contribution in [-0.4, -0.2) is 32.5 Å². The summed E-state index contributed by atoms with van der Waals surface area (Å²) in [4.78, 5) is 4.30. The van der Waals surface area contributed by atoms with Crippen LogP contribution in [0.1, 0.15) is 18.9 Å². The normalized spacial score (nSPS) is 13.7. The number of aliphatic hydroxyl groups excluding tert-OH is 1. The van der Waals surface area contributed by atoms with E-state index in [1.165, 1.54) is 0 Å². The van der Waals surface area contributed by atoms with Crippen LogP contribution in [-0.2, 0) is 12.1 Å². The maximum atomic E-state index is 9.94. The van der Waals surface area contributed by atoms with Gasteiger partial charge in [0.05, 0.1) is 18.2 Å². The second-order valence-electron chi connectivity index (χ2n) is 4.73. The summed E-state index contributed by atoms with van der Waals surface area (Å²) in [6.45, 7) is 5.12. The van der Waals surface area contributed by atoms with Gasteiger partial charge >= 0.3 is 0 Å². The Labute approximate surface area is 110 Å². The van der Waals surface area contributed by atoms with Crippen LogP contribution in [0, 0.1) is 0 Å². The average Bonchev–Trinajstić information content (AvgIpc) is 2.99. The standard InChI is InChI=1S/C12H18N4OS/c1-12(2,11-13-5-7-18-11)14-8-10(17)9-16-6-3-4-15-16/h3-7,10,14,17H,8-9H2,1-2H3. The first-order chi connectivity index (χ1) is 8.58. The molecule has 18 heavy (non-hydrogen) atoms. The summed E-state index contributed by atoms with van der Waals surface area (Å²) in [5.74, 6) is 0. The molecule has 1 unspecified atom stereocenters. The van der Waals surface area contributed by atoms with E-state index in [1.807, 2.05) is 17.6 Å². The van der Waals surface area contributed by atoms with Crippen LogP contribution in [0.5, 0.6) is 0 Å². The molecular formula is C12H18N4OS. The molecule has 2 rings (SSSR count). The first kappa shape index (κ1) is 13.2. The van der Waals surface area contributed by atoms with Gasteiger partial charge in [-0.1, -0.05) is 0 Å². The van der Waals surface area contributed by atoms with Gasteiger partial charge in [-0.25, -0.2) is 4.98 Å². The molecule has 0 aliphatic rings. The monoisotopic (exact) mass is 266 g/mol. The van der Waals surface area contributed by atoms with E-state index in [0.717, 1.165) is 5.01 Å². The minimum Gasteiger partial charge on any atom is -0.390 e. The lowest BCUT2D eigenvalue weighted by Crippen LogP contribution is -2.42. The molecular weight excluding hydrogens is 248 g/mol. The fraction of sp³-hybridized carbons (Fsp3) is 0.500.